The Bertz CT molecular complexity index is 859. The van der Waals surface area contributed by atoms with Gasteiger partial charge in [-0.1, -0.05) is 12.1 Å². The number of rotatable bonds is 7. The summed E-state index contributed by atoms with van der Waals surface area (Å²) in [5.41, 5.74) is 8.96. The van der Waals surface area contributed by atoms with E-state index in [1.807, 2.05) is 0 Å². The van der Waals surface area contributed by atoms with E-state index >= 15 is 0 Å². The molecule has 0 aliphatic rings. The maximum atomic E-state index is 12.0. The minimum Gasteiger partial charge on any atom is -0.444 e. The summed E-state index contributed by atoms with van der Waals surface area (Å²) in [7, 11) is -4.37. The van der Waals surface area contributed by atoms with E-state index in [4.69, 9.17) is 25.2 Å². The van der Waals surface area contributed by atoms with Crippen LogP contribution in [0.2, 0.25) is 0 Å². The third-order valence-electron chi connectivity index (χ3n) is 2.96. The van der Waals surface area contributed by atoms with Crippen LogP contribution in [0.15, 0.2) is 47.7 Å². The number of carbonyl (C=O) groups excluding carboxylic acids is 1. The molecule has 0 atom stereocenters. The zero-order valence-electron chi connectivity index (χ0n) is 14.2. The molecular weight excluding hydrogens is 409 g/mol. The number of pyridine rings is 1. The van der Waals surface area contributed by atoms with Crippen LogP contribution in [0.25, 0.3) is 0 Å². The quantitative estimate of drug-likeness (QED) is 0.163. The number of hydrogen-bond donors (Lipinski definition) is 6. The van der Waals surface area contributed by atoms with Crippen molar-refractivity contribution in [3.8, 4) is 5.75 Å². The molecule has 7 N–H and O–H groups in total. The van der Waals surface area contributed by atoms with Crippen molar-refractivity contribution in [3.63, 3.8) is 0 Å². The van der Waals surface area contributed by atoms with Gasteiger partial charge >= 0.3 is 14.3 Å². The molecule has 1 aromatic heterocycles. The predicted molar refractivity (Wildman–Crippen MR) is 106 cm³/mol. The summed E-state index contributed by atoms with van der Waals surface area (Å²) < 4.78 is 9.65. The molecule has 148 valence electrons. The standard InChI is InChI=1S/C15H16N5O6PS/c16-14(28)20-18-8-13-12(2-1-7-17-13)19-15(21)25-9-10-3-5-11(6-4-10)26-27(22,23)24/h1-8,22-24H,9H2,(H3-,16,17,18,19,20,21,28)/p+1. The zero-order valence-corrected chi connectivity index (χ0v) is 15.9. The Hall–Kier alpha value is -2.89. The van der Waals surface area contributed by atoms with Crippen LogP contribution < -0.4 is 21.0 Å². The first-order chi connectivity index (χ1) is 13.2. The summed E-state index contributed by atoms with van der Waals surface area (Å²) in [4.78, 5) is 42.6. The first-order valence-corrected chi connectivity index (χ1v) is 9.53. The number of nitrogens with zero attached hydrogens (tertiary/aromatic N) is 2. The molecule has 1 heterocycles. The number of hydrogen-bond acceptors (Lipinski definition) is 9. The van der Waals surface area contributed by atoms with Gasteiger partial charge in [-0.2, -0.15) is 19.8 Å². The molecule has 0 aliphatic carbocycles. The van der Waals surface area contributed by atoms with Crippen molar-refractivity contribution in [1.82, 2.24) is 10.4 Å². The molecule has 0 bridgehead atoms. The van der Waals surface area contributed by atoms with Crippen LogP contribution in [0.1, 0.15) is 11.3 Å². The van der Waals surface area contributed by atoms with E-state index in [1.165, 1.54) is 36.7 Å². The Morgan fingerprint density at radius 2 is 2.00 bits per heavy atom. The molecular formula is C15H17N5O6PS+. The van der Waals surface area contributed by atoms with Crippen molar-refractivity contribution < 1.29 is 28.7 Å². The van der Waals surface area contributed by atoms with Gasteiger partial charge in [0.1, 0.15) is 12.3 Å². The fourth-order valence-electron chi connectivity index (χ4n) is 1.87. The van der Waals surface area contributed by atoms with Crippen molar-refractivity contribution in [2.24, 2.45) is 10.8 Å². The number of benzene rings is 1. The van der Waals surface area contributed by atoms with Gasteiger partial charge in [-0.15, -0.1) is 0 Å². The second-order valence-electron chi connectivity index (χ2n) is 5.12. The van der Waals surface area contributed by atoms with Gasteiger partial charge in [0, 0.05) is 6.20 Å². The molecule has 0 saturated heterocycles. The normalized spacial score (nSPS) is 11.1. The third kappa shape index (κ3) is 7.78. The first-order valence-electron chi connectivity index (χ1n) is 7.56. The molecule has 28 heavy (non-hydrogen) atoms. The summed E-state index contributed by atoms with van der Waals surface area (Å²) in [6.07, 6.45) is 2.13. The lowest BCUT2D eigenvalue weighted by atomic mass is 10.2. The van der Waals surface area contributed by atoms with Gasteiger partial charge in [-0.05, 0) is 42.0 Å². The highest BCUT2D eigenvalue weighted by Gasteiger charge is 2.34. The Morgan fingerprint density at radius 3 is 2.64 bits per heavy atom. The van der Waals surface area contributed by atoms with Crippen LogP contribution in [0.4, 0.5) is 10.5 Å². The summed E-state index contributed by atoms with van der Waals surface area (Å²) in [6, 6.07) is 9.07. The lowest BCUT2D eigenvalue weighted by Crippen LogP contribution is -2.24. The van der Waals surface area contributed by atoms with E-state index in [-0.39, 0.29) is 17.5 Å². The Balaban J connectivity index is 1.91. The summed E-state index contributed by atoms with van der Waals surface area (Å²) in [5, 5.41) is 6.30. The van der Waals surface area contributed by atoms with E-state index in [9.17, 15) is 4.79 Å². The maximum absolute atomic E-state index is 12.0. The number of nitrogens with two attached hydrogens (primary N) is 1. The molecule has 0 unspecified atom stereocenters. The Morgan fingerprint density at radius 1 is 1.29 bits per heavy atom. The number of thiocarbonyl (C=S) groups is 1. The molecule has 0 radical (unpaired) electrons. The zero-order chi connectivity index (χ0) is 20.6. The molecule has 0 fully saturated rings. The van der Waals surface area contributed by atoms with Crippen molar-refractivity contribution in [2.45, 2.75) is 6.61 Å². The van der Waals surface area contributed by atoms with E-state index in [0.29, 0.717) is 16.9 Å². The molecule has 2 aromatic rings. The van der Waals surface area contributed by atoms with Crippen molar-refractivity contribution in [2.75, 3.05) is 5.32 Å². The summed E-state index contributed by atoms with van der Waals surface area (Å²) in [5.74, 6) is 0.0545. The fraction of sp³-hybridized carbons (Fsp3) is 0.0667. The summed E-state index contributed by atoms with van der Waals surface area (Å²) >= 11 is 4.63. The molecule has 1 aromatic carbocycles. The average Bonchev–Trinajstić information content (AvgIpc) is 2.61. The van der Waals surface area contributed by atoms with Crippen LogP contribution in [-0.2, 0) is 11.3 Å². The molecule has 11 nitrogen and oxygen atoms in total. The number of amides is 1. The van der Waals surface area contributed by atoms with Gasteiger partial charge in [0.2, 0.25) is 0 Å². The lowest BCUT2D eigenvalue weighted by Gasteiger charge is -2.09. The predicted octanol–water partition coefficient (Wildman–Crippen LogP) is 1.03. The third-order valence-corrected chi connectivity index (χ3v) is 3.51. The van der Waals surface area contributed by atoms with Crippen LogP contribution in [0.5, 0.6) is 5.75 Å². The van der Waals surface area contributed by atoms with Crippen LogP contribution >= 0.6 is 20.4 Å². The largest absolute Gasteiger partial charge is 0.613 e. The second-order valence-corrected chi connectivity index (χ2v) is 6.77. The molecule has 1 amide bonds. The van der Waals surface area contributed by atoms with Gasteiger partial charge in [0.25, 0.3) is 0 Å². The van der Waals surface area contributed by atoms with Gasteiger partial charge in [-0.3, -0.25) is 20.3 Å². The van der Waals surface area contributed by atoms with Crippen LogP contribution in [0.3, 0.4) is 0 Å². The van der Waals surface area contributed by atoms with Crippen LogP contribution in [0, 0.1) is 0 Å². The van der Waals surface area contributed by atoms with Crippen molar-refractivity contribution in [1.29, 1.82) is 0 Å². The van der Waals surface area contributed by atoms with E-state index in [1.54, 1.807) is 12.1 Å². The van der Waals surface area contributed by atoms with Crippen molar-refractivity contribution >= 4 is 43.5 Å². The van der Waals surface area contributed by atoms with E-state index in [2.05, 4.69) is 37.6 Å². The number of hydrazone groups is 1. The van der Waals surface area contributed by atoms with E-state index in [0.717, 1.165) is 0 Å². The van der Waals surface area contributed by atoms with Gasteiger partial charge in [-0.25, -0.2) is 4.79 Å². The number of nitrogens with one attached hydrogen (secondary N) is 2. The highest BCUT2D eigenvalue weighted by atomic mass is 32.1. The molecule has 0 aliphatic heterocycles. The highest BCUT2D eigenvalue weighted by molar-refractivity contribution is 7.80. The van der Waals surface area contributed by atoms with Crippen molar-refractivity contribution in [3.05, 3.63) is 53.9 Å². The molecule has 0 saturated carbocycles. The summed E-state index contributed by atoms with van der Waals surface area (Å²) in [6.45, 7) is -0.0591. The SMILES string of the molecule is NC(=S)N/N=C/c1ncccc1NC(=O)OCc1ccc(O[P+](O)(O)O)cc1. The smallest absolute Gasteiger partial charge is 0.444 e. The maximum Gasteiger partial charge on any atom is 0.613 e. The fourth-order valence-corrected chi connectivity index (χ4v) is 2.32. The lowest BCUT2D eigenvalue weighted by molar-refractivity contribution is 0.155. The molecule has 13 heteroatoms. The minimum absolute atomic E-state index is 0.0120. The number of carbonyl (C=O) groups is 1. The van der Waals surface area contributed by atoms with Crippen LogP contribution in [-0.4, -0.2) is 37.1 Å². The van der Waals surface area contributed by atoms with Gasteiger partial charge in [0.15, 0.2) is 10.9 Å². The Labute approximate surface area is 165 Å². The molecule has 0 spiro atoms. The van der Waals surface area contributed by atoms with Gasteiger partial charge in [0.05, 0.1) is 11.9 Å². The number of aromatic nitrogens is 1. The highest BCUT2D eigenvalue weighted by Crippen LogP contribution is 2.45. The first kappa shape index (κ1) is 21.4. The number of anilines is 1. The second kappa shape index (κ2) is 9.88. The minimum atomic E-state index is -4.37. The number of ether oxygens (including phenoxy) is 1. The average molecular weight is 426 g/mol. The molecule has 2 rings (SSSR count). The monoisotopic (exact) mass is 426 g/mol. The van der Waals surface area contributed by atoms with E-state index < -0.39 is 14.3 Å². The Kier molecular flexibility index (Phi) is 7.55. The topological polar surface area (TPSA) is 172 Å². The van der Waals surface area contributed by atoms with Gasteiger partial charge < -0.3 is 10.5 Å².